The molecule has 1 rings (SSSR count). The van der Waals surface area contributed by atoms with Crippen molar-refractivity contribution in [1.29, 1.82) is 0 Å². The molecular formula is C15H22FNO2. The minimum absolute atomic E-state index is 0.0107. The molecular weight excluding hydrogens is 245 g/mol. The van der Waals surface area contributed by atoms with E-state index in [1.807, 2.05) is 26.8 Å². The summed E-state index contributed by atoms with van der Waals surface area (Å²) in [6.45, 7) is 5.83. The molecule has 0 aliphatic carbocycles. The Bertz CT molecular complexity index is 420. The van der Waals surface area contributed by atoms with Crippen LogP contribution in [-0.4, -0.2) is 25.2 Å². The first-order valence-corrected chi connectivity index (χ1v) is 6.53. The van der Waals surface area contributed by atoms with Crippen LogP contribution in [0.3, 0.4) is 0 Å². The lowest BCUT2D eigenvalue weighted by atomic mass is 10.0. The van der Waals surface area contributed by atoms with Crippen molar-refractivity contribution in [2.75, 3.05) is 7.11 Å². The first kappa shape index (κ1) is 15.6. The van der Waals surface area contributed by atoms with Crippen LogP contribution in [0, 0.1) is 11.7 Å². The summed E-state index contributed by atoms with van der Waals surface area (Å²) in [4.78, 5) is 11.6. The molecule has 0 fully saturated rings. The van der Waals surface area contributed by atoms with E-state index in [0.717, 1.165) is 0 Å². The molecule has 19 heavy (non-hydrogen) atoms. The van der Waals surface area contributed by atoms with Gasteiger partial charge >= 0.3 is 5.97 Å². The lowest BCUT2D eigenvalue weighted by Crippen LogP contribution is -2.46. The van der Waals surface area contributed by atoms with E-state index in [1.165, 1.54) is 13.2 Å². The molecule has 4 heteroatoms. The number of halogens is 1. The predicted octanol–water partition coefficient (Wildman–Crippen LogP) is 2.54. The van der Waals surface area contributed by atoms with Crippen LogP contribution in [0.25, 0.3) is 0 Å². The maximum atomic E-state index is 13.6. The first-order chi connectivity index (χ1) is 8.95. The van der Waals surface area contributed by atoms with Crippen molar-refractivity contribution in [2.24, 2.45) is 5.92 Å². The summed E-state index contributed by atoms with van der Waals surface area (Å²) < 4.78 is 18.3. The Morgan fingerprint density at radius 2 is 1.95 bits per heavy atom. The summed E-state index contributed by atoms with van der Waals surface area (Å²) in [5.41, 5.74) is 0.648. The molecule has 1 aromatic carbocycles. The summed E-state index contributed by atoms with van der Waals surface area (Å²) in [5.74, 6) is -0.374. The Kier molecular flexibility index (Phi) is 5.96. The fraction of sp³-hybridized carbons (Fsp3) is 0.533. The van der Waals surface area contributed by atoms with Crippen LogP contribution >= 0.6 is 0 Å². The van der Waals surface area contributed by atoms with E-state index in [1.54, 1.807) is 12.1 Å². The lowest BCUT2D eigenvalue weighted by molar-refractivity contribution is -0.144. The van der Waals surface area contributed by atoms with E-state index in [0.29, 0.717) is 12.0 Å². The minimum Gasteiger partial charge on any atom is -0.468 e. The predicted molar refractivity (Wildman–Crippen MR) is 73.3 cm³/mol. The summed E-state index contributed by atoms with van der Waals surface area (Å²) >= 11 is 0. The maximum absolute atomic E-state index is 13.6. The summed E-state index contributed by atoms with van der Waals surface area (Å²) in [7, 11) is 1.38. The zero-order valence-electron chi connectivity index (χ0n) is 11.9. The topological polar surface area (TPSA) is 38.3 Å². The van der Waals surface area contributed by atoms with E-state index in [9.17, 15) is 9.18 Å². The highest BCUT2D eigenvalue weighted by Crippen LogP contribution is 2.11. The molecule has 0 aliphatic heterocycles. The highest BCUT2D eigenvalue weighted by Gasteiger charge is 2.24. The van der Waals surface area contributed by atoms with Gasteiger partial charge < -0.3 is 10.1 Å². The van der Waals surface area contributed by atoms with Crippen molar-refractivity contribution in [3.63, 3.8) is 0 Å². The third kappa shape index (κ3) is 4.63. The summed E-state index contributed by atoms with van der Waals surface area (Å²) in [6.07, 6.45) is 0.535. The number of hydrogen-bond acceptors (Lipinski definition) is 3. The number of carbonyl (C=O) groups excluding carboxylic acids is 1. The molecule has 0 radical (unpaired) electrons. The lowest BCUT2D eigenvalue weighted by Gasteiger charge is -2.24. The molecule has 0 heterocycles. The molecule has 1 aromatic rings. The van der Waals surface area contributed by atoms with Gasteiger partial charge in [0.15, 0.2) is 0 Å². The Morgan fingerprint density at radius 1 is 1.32 bits per heavy atom. The fourth-order valence-corrected chi connectivity index (χ4v) is 2.02. The Balaban J connectivity index is 2.65. The van der Waals surface area contributed by atoms with Gasteiger partial charge in [-0.15, -0.1) is 0 Å². The third-order valence-corrected chi connectivity index (χ3v) is 3.07. The van der Waals surface area contributed by atoms with Crippen LogP contribution in [0.1, 0.15) is 26.3 Å². The molecule has 0 saturated heterocycles. The number of hydrogen-bond donors (Lipinski definition) is 1. The summed E-state index contributed by atoms with van der Waals surface area (Å²) in [5, 5.41) is 3.20. The number of ether oxygens (including phenoxy) is 1. The van der Waals surface area contributed by atoms with Gasteiger partial charge in [-0.25, -0.2) is 4.39 Å². The van der Waals surface area contributed by atoms with Crippen LogP contribution < -0.4 is 5.32 Å². The van der Waals surface area contributed by atoms with E-state index in [2.05, 4.69) is 5.32 Å². The molecule has 106 valence electrons. The molecule has 0 aliphatic rings. The number of esters is 1. The normalized spacial score (nSPS) is 14.2. The van der Waals surface area contributed by atoms with Crippen molar-refractivity contribution in [2.45, 2.75) is 39.3 Å². The monoisotopic (exact) mass is 267 g/mol. The van der Waals surface area contributed by atoms with Gasteiger partial charge in [0.2, 0.25) is 0 Å². The van der Waals surface area contributed by atoms with Gasteiger partial charge in [-0.3, -0.25) is 4.79 Å². The second-order valence-corrected chi connectivity index (χ2v) is 5.11. The van der Waals surface area contributed by atoms with Crippen LogP contribution in [0.5, 0.6) is 0 Å². The van der Waals surface area contributed by atoms with Crippen molar-refractivity contribution >= 4 is 5.97 Å². The maximum Gasteiger partial charge on any atom is 0.323 e. The molecule has 0 spiro atoms. The standard InChI is InChI=1S/C15H22FNO2/c1-10(2)14(15(18)19-4)17-11(3)9-12-7-5-6-8-13(12)16/h5-8,10-11,14,17H,9H2,1-4H3. The number of carbonyl (C=O) groups is 1. The molecule has 0 aromatic heterocycles. The fourth-order valence-electron chi connectivity index (χ4n) is 2.02. The molecule has 0 saturated carbocycles. The van der Waals surface area contributed by atoms with E-state index in [4.69, 9.17) is 4.74 Å². The Labute approximate surface area is 114 Å². The van der Waals surface area contributed by atoms with Gasteiger partial charge in [-0.2, -0.15) is 0 Å². The second-order valence-electron chi connectivity index (χ2n) is 5.11. The second kappa shape index (κ2) is 7.24. The molecule has 0 amide bonds. The highest BCUT2D eigenvalue weighted by atomic mass is 19.1. The highest BCUT2D eigenvalue weighted by molar-refractivity contribution is 5.75. The number of rotatable bonds is 6. The van der Waals surface area contributed by atoms with Gasteiger partial charge in [-0.05, 0) is 30.9 Å². The average molecular weight is 267 g/mol. The largest absolute Gasteiger partial charge is 0.468 e. The smallest absolute Gasteiger partial charge is 0.323 e. The molecule has 2 atom stereocenters. The van der Waals surface area contributed by atoms with Crippen LogP contribution in [0.4, 0.5) is 4.39 Å². The summed E-state index contributed by atoms with van der Waals surface area (Å²) in [6, 6.07) is 6.31. The van der Waals surface area contributed by atoms with Gasteiger partial charge in [0.1, 0.15) is 11.9 Å². The zero-order chi connectivity index (χ0) is 14.4. The van der Waals surface area contributed by atoms with Crippen molar-refractivity contribution in [3.05, 3.63) is 35.6 Å². The quantitative estimate of drug-likeness (QED) is 0.805. The zero-order valence-corrected chi connectivity index (χ0v) is 11.9. The molecule has 1 N–H and O–H groups in total. The van der Waals surface area contributed by atoms with Crippen LogP contribution in [0.2, 0.25) is 0 Å². The number of methoxy groups -OCH3 is 1. The van der Waals surface area contributed by atoms with E-state index >= 15 is 0 Å². The van der Waals surface area contributed by atoms with Gasteiger partial charge in [0.25, 0.3) is 0 Å². The molecule has 2 unspecified atom stereocenters. The Hall–Kier alpha value is -1.42. The number of nitrogens with one attached hydrogen (secondary N) is 1. The van der Waals surface area contributed by atoms with E-state index in [-0.39, 0.29) is 29.8 Å². The van der Waals surface area contributed by atoms with E-state index < -0.39 is 0 Å². The van der Waals surface area contributed by atoms with Crippen molar-refractivity contribution < 1.29 is 13.9 Å². The first-order valence-electron chi connectivity index (χ1n) is 6.53. The molecule has 0 bridgehead atoms. The SMILES string of the molecule is COC(=O)C(NC(C)Cc1ccccc1F)C(C)C. The van der Waals surface area contributed by atoms with Crippen LogP contribution in [0.15, 0.2) is 24.3 Å². The van der Waals surface area contributed by atoms with Gasteiger partial charge in [0, 0.05) is 6.04 Å². The Morgan fingerprint density at radius 3 is 2.47 bits per heavy atom. The van der Waals surface area contributed by atoms with Crippen LogP contribution in [-0.2, 0) is 16.0 Å². The molecule has 3 nitrogen and oxygen atoms in total. The average Bonchev–Trinajstić information content (AvgIpc) is 2.37. The minimum atomic E-state index is -0.369. The number of benzene rings is 1. The third-order valence-electron chi connectivity index (χ3n) is 3.07. The van der Waals surface area contributed by atoms with Gasteiger partial charge in [-0.1, -0.05) is 32.0 Å². The van der Waals surface area contributed by atoms with Crippen molar-refractivity contribution in [3.8, 4) is 0 Å². The van der Waals surface area contributed by atoms with Crippen molar-refractivity contribution in [1.82, 2.24) is 5.32 Å². The van der Waals surface area contributed by atoms with Gasteiger partial charge in [0.05, 0.1) is 7.11 Å².